The average Bonchev–Trinajstić information content (AvgIpc) is 1.36. The molecule has 0 heterocycles. The summed E-state index contributed by atoms with van der Waals surface area (Å²) in [5.74, 6) is -3.65. The van der Waals surface area contributed by atoms with Gasteiger partial charge in [-0.05, 0) is 0 Å². The van der Waals surface area contributed by atoms with Gasteiger partial charge in [-0.15, -0.1) is 0 Å². The van der Waals surface area contributed by atoms with Gasteiger partial charge >= 0.3 is 11.9 Å². The van der Waals surface area contributed by atoms with Gasteiger partial charge in [0.2, 0.25) is 0 Å². The maximum absolute atomic E-state index is 9.10. The van der Waals surface area contributed by atoms with Crippen LogP contribution in [-0.4, -0.2) is 22.2 Å². The first-order chi connectivity index (χ1) is 2.64. The Morgan fingerprint density at radius 2 is 1.12 bits per heavy atom. The molecule has 0 saturated heterocycles. The smallest absolute Gasteiger partial charge is 0.414 e. The second-order valence-electron chi connectivity index (χ2n) is 0.610. The molecule has 0 atom stereocenters. The van der Waals surface area contributed by atoms with E-state index < -0.39 is 11.9 Å². The first kappa shape index (κ1) is 16.2. The Bertz CT molecular complexity index is 80.0. The molecular formula is C2H2O4ThU. The summed E-state index contributed by atoms with van der Waals surface area (Å²) in [6.45, 7) is 0. The van der Waals surface area contributed by atoms with Gasteiger partial charge < -0.3 is 10.2 Å². The molecule has 0 saturated carbocycles. The molecule has 0 rings (SSSR count). The fourth-order valence-electron chi connectivity index (χ4n) is 0. The normalized spacial score (nSPS) is 5.50. The number of carboxylic acids is 2. The van der Waals surface area contributed by atoms with Crippen LogP contribution in [0, 0.1) is 71.1 Å². The van der Waals surface area contributed by atoms with E-state index >= 15 is 0 Å². The molecule has 2 N–H and O–H groups in total. The molecule has 0 aromatic heterocycles. The number of aliphatic carboxylic acids is 2. The van der Waals surface area contributed by atoms with E-state index in [-0.39, 0.29) is 71.1 Å². The zero-order valence-corrected chi connectivity index (χ0v) is 12.0. The third-order valence-corrected chi connectivity index (χ3v) is 0.183. The van der Waals surface area contributed by atoms with E-state index in [1.807, 2.05) is 0 Å². The molecule has 0 aromatic carbocycles. The summed E-state index contributed by atoms with van der Waals surface area (Å²) in [6, 6.07) is 0. The van der Waals surface area contributed by atoms with Gasteiger partial charge in [0, 0.05) is 71.1 Å². The zero-order valence-electron chi connectivity index (χ0n) is 3.71. The zero-order chi connectivity index (χ0) is 5.15. The van der Waals surface area contributed by atoms with Crippen LogP contribution >= 0.6 is 0 Å². The van der Waals surface area contributed by atoms with Crippen LogP contribution in [0.1, 0.15) is 0 Å². The van der Waals surface area contributed by atoms with E-state index in [1.54, 1.807) is 0 Å². The van der Waals surface area contributed by atoms with Crippen molar-refractivity contribution < 1.29 is 90.9 Å². The minimum absolute atomic E-state index is 0. The Morgan fingerprint density at radius 1 is 1.00 bits per heavy atom. The van der Waals surface area contributed by atoms with E-state index in [2.05, 4.69) is 0 Å². The number of hydrogen-bond acceptors (Lipinski definition) is 2. The molecule has 0 fully saturated rings. The molecular weight excluding hydrogens is 558 g/mol. The van der Waals surface area contributed by atoms with E-state index in [1.165, 1.54) is 0 Å². The van der Waals surface area contributed by atoms with Crippen molar-refractivity contribution in [1.82, 2.24) is 0 Å². The molecule has 6 heteroatoms. The Kier molecular flexibility index (Phi) is 16.8. The van der Waals surface area contributed by atoms with E-state index in [0.29, 0.717) is 0 Å². The predicted octanol–water partition coefficient (Wildman–Crippen LogP) is -0.844. The Balaban J connectivity index is -0.000000125. The fourth-order valence-corrected chi connectivity index (χ4v) is 0. The van der Waals surface area contributed by atoms with Crippen molar-refractivity contribution in [3.63, 3.8) is 0 Å². The van der Waals surface area contributed by atoms with Crippen LogP contribution < -0.4 is 0 Å². The van der Waals surface area contributed by atoms with E-state index in [4.69, 9.17) is 19.8 Å². The number of hydrogen-bond donors (Lipinski definition) is 2. The summed E-state index contributed by atoms with van der Waals surface area (Å²) in [4.78, 5) is 18.2. The number of carboxylic acid groups (broad SMARTS) is 2. The van der Waals surface area contributed by atoms with Crippen LogP contribution in [0.5, 0.6) is 0 Å². The third kappa shape index (κ3) is 10.3. The van der Waals surface area contributed by atoms with Crippen molar-refractivity contribution in [2.24, 2.45) is 0 Å². The molecule has 0 bridgehead atoms. The molecule has 42 valence electrons. The molecule has 0 aliphatic heterocycles. The predicted molar refractivity (Wildman–Crippen MR) is 15.3 cm³/mol. The molecule has 0 unspecified atom stereocenters. The van der Waals surface area contributed by atoms with Gasteiger partial charge in [0.25, 0.3) is 0 Å². The summed E-state index contributed by atoms with van der Waals surface area (Å²) in [5.41, 5.74) is 0. The molecule has 0 aromatic rings. The van der Waals surface area contributed by atoms with Gasteiger partial charge in [-0.25, -0.2) is 9.59 Å². The summed E-state index contributed by atoms with van der Waals surface area (Å²) < 4.78 is 0. The van der Waals surface area contributed by atoms with Crippen LogP contribution in [0.15, 0.2) is 0 Å². The minimum atomic E-state index is -1.82. The second kappa shape index (κ2) is 8.32. The first-order valence-corrected chi connectivity index (χ1v) is 1.11. The van der Waals surface area contributed by atoms with E-state index in [9.17, 15) is 0 Å². The van der Waals surface area contributed by atoms with Crippen LogP contribution in [0.3, 0.4) is 0 Å². The SMILES string of the molecule is O=C(O)C(=O)O.[Th].[U]. The van der Waals surface area contributed by atoms with Crippen LogP contribution in [0.4, 0.5) is 0 Å². The van der Waals surface area contributed by atoms with Gasteiger partial charge in [-0.2, -0.15) is 0 Å². The van der Waals surface area contributed by atoms with Crippen molar-refractivity contribution in [3.05, 3.63) is 0 Å². The molecule has 0 aliphatic rings. The Hall–Kier alpha value is 1.32. The van der Waals surface area contributed by atoms with Crippen LogP contribution in [0.2, 0.25) is 0 Å². The maximum Gasteiger partial charge on any atom is 0.414 e. The fraction of sp³-hybridized carbons (Fsp3) is 0. The Labute approximate surface area is 101 Å². The quantitative estimate of drug-likeness (QED) is 0.380. The summed E-state index contributed by atoms with van der Waals surface area (Å²) in [7, 11) is 0. The maximum atomic E-state index is 9.10. The van der Waals surface area contributed by atoms with Gasteiger partial charge in [-0.3, -0.25) is 0 Å². The van der Waals surface area contributed by atoms with Crippen molar-refractivity contribution in [2.75, 3.05) is 0 Å². The summed E-state index contributed by atoms with van der Waals surface area (Å²) in [5, 5.41) is 14.8. The third-order valence-electron chi connectivity index (χ3n) is 0.183. The molecule has 8 heavy (non-hydrogen) atoms. The molecule has 0 spiro atoms. The van der Waals surface area contributed by atoms with E-state index in [0.717, 1.165) is 0 Å². The Morgan fingerprint density at radius 3 is 1.12 bits per heavy atom. The topological polar surface area (TPSA) is 74.6 Å². The first-order valence-electron chi connectivity index (χ1n) is 1.11. The minimum Gasteiger partial charge on any atom is -0.473 e. The number of rotatable bonds is 0. The van der Waals surface area contributed by atoms with Crippen molar-refractivity contribution in [1.29, 1.82) is 0 Å². The van der Waals surface area contributed by atoms with Crippen molar-refractivity contribution in [3.8, 4) is 0 Å². The van der Waals surface area contributed by atoms with Gasteiger partial charge in [0.15, 0.2) is 0 Å². The van der Waals surface area contributed by atoms with Crippen molar-refractivity contribution >= 4 is 11.9 Å². The molecule has 4 nitrogen and oxygen atoms in total. The average molecular weight is 560 g/mol. The standard InChI is InChI=1S/C2H2O4.Th.U/c3-1(4)2(5)6;;/h(H,3,4)(H,5,6);;. The van der Waals surface area contributed by atoms with Gasteiger partial charge in [0.1, 0.15) is 0 Å². The van der Waals surface area contributed by atoms with Crippen molar-refractivity contribution in [2.45, 2.75) is 0 Å². The monoisotopic (exact) mass is 560 g/mol. The number of carbonyl (C=O) groups is 2. The van der Waals surface area contributed by atoms with Crippen LogP contribution in [-0.2, 0) is 9.59 Å². The molecule has 0 aliphatic carbocycles. The van der Waals surface area contributed by atoms with Gasteiger partial charge in [-0.1, -0.05) is 0 Å². The van der Waals surface area contributed by atoms with Crippen LogP contribution in [0.25, 0.3) is 0 Å². The molecule has 0 amide bonds. The van der Waals surface area contributed by atoms with Gasteiger partial charge in [0.05, 0.1) is 0 Å². The summed E-state index contributed by atoms with van der Waals surface area (Å²) >= 11 is 0. The molecule has 0 radical (unpaired) electrons. The second-order valence-corrected chi connectivity index (χ2v) is 0.610. The summed E-state index contributed by atoms with van der Waals surface area (Å²) in [6.07, 6.45) is 0. The largest absolute Gasteiger partial charge is 0.473 e.